The number of nitrogens with zero attached hydrogens (tertiary/aromatic N) is 3. The number of piperidine rings is 1. The largest absolute Gasteiger partial charge is 0.510 e. The average molecular weight is 491 g/mol. The molecule has 2 aromatic carbocycles. The van der Waals surface area contributed by atoms with Crippen molar-refractivity contribution in [3.63, 3.8) is 0 Å². The molecule has 3 aromatic rings. The summed E-state index contributed by atoms with van der Waals surface area (Å²) >= 11 is 1.42. The molecule has 9 heteroatoms. The summed E-state index contributed by atoms with van der Waals surface area (Å²) in [5.74, 6) is -0.610. The van der Waals surface area contributed by atoms with Crippen molar-refractivity contribution in [2.45, 2.75) is 32.2 Å². The van der Waals surface area contributed by atoms with Gasteiger partial charge in [-0.1, -0.05) is 18.2 Å². The molecule has 0 bridgehead atoms. The number of rotatable bonds is 5. The van der Waals surface area contributed by atoms with Crippen LogP contribution in [0.1, 0.15) is 41.6 Å². The first-order valence-corrected chi connectivity index (χ1v) is 12.4. The number of aliphatic hydroxyl groups excluding tert-OH is 1. The highest BCUT2D eigenvalue weighted by Crippen LogP contribution is 2.35. The smallest absolute Gasteiger partial charge is 0.338 e. The van der Waals surface area contributed by atoms with E-state index in [9.17, 15) is 14.7 Å². The van der Waals surface area contributed by atoms with Crippen molar-refractivity contribution in [2.75, 3.05) is 24.6 Å². The number of amidine groups is 1. The Bertz CT molecular complexity index is 1310. The second-order valence-electron chi connectivity index (χ2n) is 8.80. The molecule has 3 heterocycles. The summed E-state index contributed by atoms with van der Waals surface area (Å²) in [7, 11) is 0. The van der Waals surface area contributed by atoms with Crippen LogP contribution in [-0.2, 0) is 9.53 Å². The van der Waals surface area contributed by atoms with Crippen LogP contribution in [0.2, 0.25) is 0 Å². The monoisotopic (exact) mass is 490 g/mol. The molecule has 1 amide bonds. The lowest BCUT2D eigenvalue weighted by atomic mass is 10.0. The number of hydrogen-bond acceptors (Lipinski definition) is 7. The van der Waals surface area contributed by atoms with E-state index in [1.54, 1.807) is 34.1 Å². The quantitative estimate of drug-likeness (QED) is 0.506. The molecule has 2 aliphatic rings. The number of hydrogen-bond donors (Lipinski definition) is 2. The van der Waals surface area contributed by atoms with E-state index in [4.69, 9.17) is 10.1 Å². The molecular weight excluding hydrogens is 464 g/mol. The maximum Gasteiger partial charge on any atom is 0.338 e. The standard InChI is InChI=1S/C26H26N4O4S/c1-16-7-4-5-12-29(16)22(32)15-34-26(33)17-8-6-9-18(13-17)30-14-20(31)23(24(30)27)25-28-19-10-2-3-11-21(19)35-25/h2-3,6,8-11,13,16,27,31H,4-5,7,12,14-15H2,1H3. The molecule has 2 N–H and O–H groups in total. The fraction of sp³-hybridized carbons (Fsp3) is 0.308. The highest BCUT2D eigenvalue weighted by Gasteiger charge is 2.32. The number of anilines is 1. The molecule has 1 atom stereocenters. The van der Waals surface area contributed by atoms with Crippen LogP contribution in [0.3, 0.4) is 0 Å². The van der Waals surface area contributed by atoms with Crippen molar-refractivity contribution in [1.29, 1.82) is 5.41 Å². The SMILES string of the molecule is CC1CCCCN1C(=O)COC(=O)c1cccc(N2CC(O)=C(c3nc4ccccc4s3)C2=N)c1. The minimum Gasteiger partial charge on any atom is -0.510 e. The van der Waals surface area contributed by atoms with Gasteiger partial charge in [-0.25, -0.2) is 9.78 Å². The minimum atomic E-state index is -0.598. The number of amides is 1. The Balaban J connectivity index is 1.28. The van der Waals surface area contributed by atoms with Crippen molar-refractivity contribution in [3.8, 4) is 0 Å². The molecule has 0 aliphatic carbocycles. The van der Waals surface area contributed by atoms with E-state index in [0.29, 0.717) is 22.8 Å². The molecule has 8 nitrogen and oxygen atoms in total. The van der Waals surface area contributed by atoms with Crippen LogP contribution >= 0.6 is 11.3 Å². The van der Waals surface area contributed by atoms with Crippen molar-refractivity contribution >= 4 is 50.5 Å². The van der Waals surface area contributed by atoms with E-state index < -0.39 is 5.97 Å². The zero-order valence-electron chi connectivity index (χ0n) is 19.4. The van der Waals surface area contributed by atoms with Gasteiger partial charge in [0.15, 0.2) is 6.61 Å². The van der Waals surface area contributed by atoms with Gasteiger partial charge in [0.2, 0.25) is 0 Å². The summed E-state index contributed by atoms with van der Waals surface area (Å²) in [5.41, 5.74) is 2.06. The molecule has 0 radical (unpaired) electrons. The van der Waals surface area contributed by atoms with Gasteiger partial charge in [0, 0.05) is 18.3 Å². The molecule has 0 saturated carbocycles. The summed E-state index contributed by atoms with van der Waals surface area (Å²) < 4.78 is 6.29. The molecular formula is C26H26N4O4S. The van der Waals surface area contributed by atoms with Crippen LogP contribution in [-0.4, -0.2) is 58.4 Å². The molecule has 35 heavy (non-hydrogen) atoms. The summed E-state index contributed by atoms with van der Waals surface area (Å²) in [5, 5.41) is 19.9. The van der Waals surface area contributed by atoms with Gasteiger partial charge in [-0.2, -0.15) is 0 Å². The van der Waals surface area contributed by atoms with E-state index in [1.165, 1.54) is 11.3 Å². The summed E-state index contributed by atoms with van der Waals surface area (Å²) in [6, 6.07) is 14.5. The Kier molecular flexibility index (Phi) is 6.25. The zero-order valence-corrected chi connectivity index (χ0v) is 20.2. The number of ether oxygens (including phenoxy) is 1. The fourth-order valence-corrected chi connectivity index (χ4v) is 5.60. The number of fused-ring (bicyclic) bond motifs is 1. The summed E-state index contributed by atoms with van der Waals surface area (Å²) in [6.07, 6.45) is 3.03. The molecule has 0 spiro atoms. The van der Waals surface area contributed by atoms with Crippen LogP contribution < -0.4 is 4.90 Å². The minimum absolute atomic E-state index is 0.0586. The lowest BCUT2D eigenvalue weighted by Crippen LogP contribution is -2.44. The number of nitrogens with one attached hydrogen (secondary N) is 1. The van der Waals surface area contributed by atoms with E-state index in [0.717, 1.165) is 29.5 Å². The van der Waals surface area contributed by atoms with Crippen LogP contribution in [0.15, 0.2) is 54.3 Å². The number of para-hydroxylation sites is 1. The number of thiazole rings is 1. The average Bonchev–Trinajstić information content (AvgIpc) is 3.42. The van der Waals surface area contributed by atoms with E-state index in [-0.39, 0.29) is 42.3 Å². The Labute approximate surface area is 207 Å². The van der Waals surface area contributed by atoms with Crippen molar-refractivity contribution in [3.05, 3.63) is 64.9 Å². The Morgan fingerprint density at radius 2 is 2.03 bits per heavy atom. The molecule has 5 rings (SSSR count). The number of aromatic nitrogens is 1. The van der Waals surface area contributed by atoms with Crippen LogP contribution in [0, 0.1) is 5.41 Å². The number of benzene rings is 2. The fourth-order valence-electron chi connectivity index (χ4n) is 4.57. The first-order valence-electron chi connectivity index (χ1n) is 11.6. The molecule has 1 aromatic heterocycles. The van der Waals surface area contributed by atoms with Crippen molar-refractivity contribution in [1.82, 2.24) is 9.88 Å². The number of carbonyl (C=O) groups is 2. The van der Waals surface area contributed by atoms with Crippen molar-refractivity contribution in [2.24, 2.45) is 0 Å². The predicted molar refractivity (Wildman–Crippen MR) is 136 cm³/mol. The highest BCUT2D eigenvalue weighted by molar-refractivity contribution is 7.19. The first kappa shape index (κ1) is 23.0. The van der Waals surface area contributed by atoms with Crippen LogP contribution in [0.4, 0.5) is 5.69 Å². The first-order chi connectivity index (χ1) is 16.9. The lowest BCUT2D eigenvalue weighted by Gasteiger charge is -2.33. The third-order valence-electron chi connectivity index (χ3n) is 6.45. The predicted octanol–water partition coefficient (Wildman–Crippen LogP) is 4.62. The molecule has 1 unspecified atom stereocenters. The third-order valence-corrected chi connectivity index (χ3v) is 7.51. The normalized spacial score (nSPS) is 18.4. The van der Waals surface area contributed by atoms with Gasteiger partial charge in [0.25, 0.3) is 5.91 Å². The highest BCUT2D eigenvalue weighted by atomic mass is 32.1. The van der Waals surface area contributed by atoms with Gasteiger partial charge in [-0.3, -0.25) is 10.2 Å². The maximum absolute atomic E-state index is 12.7. The van der Waals surface area contributed by atoms with Crippen LogP contribution in [0.25, 0.3) is 15.8 Å². The summed E-state index contributed by atoms with van der Waals surface area (Å²) in [6.45, 7) is 2.52. The Morgan fingerprint density at radius 3 is 2.83 bits per heavy atom. The number of likely N-dealkylation sites (tertiary alicyclic amines) is 1. The van der Waals surface area contributed by atoms with E-state index in [2.05, 4.69) is 4.98 Å². The van der Waals surface area contributed by atoms with Gasteiger partial charge in [-0.15, -0.1) is 11.3 Å². The number of carbonyl (C=O) groups excluding carboxylic acids is 2. The Morgan fingerprint density at radius 1 is 1.20 bits per heavy atom. The van der Waals surface area contributed by atoms with Crippen molar-refractivity contribution < 1.29 is 19.4 Å². The number of aliphatic hydroxyl groups is 1. The summed E-state index contributed by atoms with van der Waals surface area (Å²) in [4.78, 5) is 33.2. The third kappa shape index (κ3) is 4.51. The Hall–Kier alpha value is -3.72. The second kappa shape index (κ2) is 9.50. The van der Waals surface area contributed by atoms with E-state index in [1.807, 2.05) is 31.2 Å². The topological polar surface area (TPSA) is 107 Å². The van der Waals surface area contributed by atoms with Gasteiger partial charge in [-0.05, 0) is 56.5 Å². The number of esters is 1. The van der Waals surface area contributed by atoms with Gasteiger partial charge in [0.1, 0.15) is 16.6 Å². The van der Waals surface area contributed by atoms with Crippen LogP contribution in [0.5, 0.6) is 0 Å². The van der Waals surface area contributed by atoms with Gasteiger partial charge in [0.05, 0.1) is 27.9 Å². The molecule has 2 aliphatic heterocycles. The molecule has 180 valence electrons. The van der Waals surface area contributed by atoms with Gasteiger partial charge < -0.3 is 19.6 Å². The maximum atomic E-state index is 12.7. The molecule has 1 fully saturated rings. The lowest BCUT2D eigenvalue weighted by molar-refractivity contribution is -0.137. The van der Waals surface area contributed by atoms with E-state index >= 15 is 0 Å². The molecule has 1 saturated heterocycles. The second-order valence-corrected chi connectivity index (χ2v) is 9.83. The zero-order chi connectivity index (χ0) is 24.5. The van der Waals surface area contributed by atoms with Gasteiger partial charge >= 0.3 is 5.97 Å².